The summed E-state index contributed by atoms with van der Waals surface area (Å²) in [5, 5.41) is 23.9. The predicted molar refractivity (Wildman–Crippen MR) is 180 cm³/mol. The zero-order chi connectivity index (χ0) is 32.4. The molecule has 0 unspecified atom stereocenters. The van der Waals surface area contributed by atoms with Crippen molar-refractivity contribution in [3.63, 3.8) is 0 Å². The first-order valence-electron chi connectivity index (χ1n) is 15.9. The topological polar surface area (TPSA) is 118 Å². The lowest BCUT2D eigenvalue weighted by Crippen LogP contribution is -2.57. The van der Waals surface area contributed by atoms with Crippen LogP contribution >= 0.6 is 22.7 Å². The Morgan fingerprint density at radius 1 is 1.11 bits per heavy atom. The van der Waals surface area contributed by atoms with Gasteiger partial charge in [-0.15, -0.1) is 11.3 Å². The van der Waals surface area contributed by atoms with Gasteiger partial charge in [0.05, 0.1) is 34.4 Å². The van der Waals surface area contributed by atoms with Gasteiger partial charge < -0.3 is 30.2 Å². The summed E-state index contributed by atoms with van der Waals surface area (Å²) in [6, 6.07) is 12.6. The molecule has 0 aliphatic carbocycles. The average Bonchev–Trinajstić information content (AvgIpc) is 3.70. The molecule has 4 heterocycles. The Labute approximate surface area is 275 Å². The number of benzene rings is 2. The molecular formula is C34H41FN4O5S2. The van der Waals surface area contributed by atoms with Crippen LogP contribution in [0, 0.1) is 5.82 Å². The molecule has 2 aliphatic rings. The van der Waals surface area contributed by atoms with Crippen molar-refractivity contribution in [1.29, 1.82) is 0 Å². The number of amides is 1. The monoisotopic (exact) mass is 668 g/mol. The van der Waals surface area contributed by atoms with Gasteiger partial charge in [0.1, 0.15) is 17.1 Å². The number of hydrogen-bond acceptors (Lipinski definition) is 9. The number of ether oxygens (including phenoxy) is 1. The number of aromatic amines is 1. The van der Waals surface area contributed by atoms with E-state index in [0.29, 0.717) is 72.0 Å². The van der Waals surface area contributed by atoms with Crippen LogP contribution in [0.4, 0.5) is 4.39 Å². The zero-order valence-corrected chi connectivity index (χ0v) is 27.8. The second-order valence-electron chi connectivity index (χ2n) is 12.6. The molecule has 9 nitrogen and oxygen atoms in total. The number of aromatic nitrogens is 1. The molecule has 2 fully saturated rings. The SMILES string of the molecule is CC(C)c1ccc(C(=O)N2CCOC3(CCN(Cc4cccc(CCNC[C@H](O)c5ccc(O)c6[nH]c(=O)sc56)c4F)CC3)C2)s1. The van der Waals surface area contributed by atoms with Gasteiger partial charge in [-0.25, -0.2) is 4.39 Å². The van der Waals surface area contributed by atoms with E-state index in [1.165, 1.54) is 10.9 Å². The first-order valence-corrected chi connectivity index (χ1v) is 17.5. The molecule has 1 amide bonds. The number of rotatable bonds is 10. The van der Waals surface area contributed by atoms with E-state index < -0.39 is 6.10 Å². The first-order chi connectivity index (χ1) is 22.1. The number of phenolic OH excluding ortho intramolecular Hbond substituents is 1. The van der Waals surface area contributed by atoms with E-state index >= 15 is 4.39 Å². The first kappa shape index (κ1) is 32.8. The van der Waals surface area contributed by atoms with E-state index in [1.54, 1.807) is 23.5 Å². The largest absolute Gasteiger partial charge is 0.506 e. The van der Waals surface area contributed by atoms with E-state index in [0.717, 1.165) is 42.1 Å². The number of aliphatic hydroxyl groups excluding tert-OH is 1. The number of likely N-dealkylation sites (tertiary alicyclic amines) is 1. The predicted octanol–water partition coefficient (Wildman–Crippen LogP) is 4.99. The van der Waals surface area contributed by atoms with Gasteiger partial charge in [-0.05, 0) is 55.5 Å². The molecule has 1 atom stereocenters. The average molecular weight is 669 g/mol. The second kappa shape index (κ2) is 13.9. The summed E-state index contributed by atoms with van der Waals surface area (Å²) < 4.78 is 22.4. The number of nitrogens with one attached hydrogen (secondary N) is 2. The van der Waals surface area contributed by atoms with E-state index in [4.69, 9.17) is 4.74 Å². The van der Waals surface area contributed by atoms with Gasteiger partial charge in [-0.3, -0.25) is 14.5 Å². The Kier molecular flexibility index (Phi) is 9.93. The maximum atomic E-state index is 15.6. The maximum absolute atomic E-state index is 15.6. The Bertz CT molecular complexity index is 1740. The fraction of sp³-hybridized carbons (Fsp3) is 0.471. The highest BCUT2D eigenvalue weighted by atomic mass is 32.1. The number of morpholine rings is 1. The van der Waals surface area contributed by atoms with Crippen molar-refractivity contribution in [3.8, 4) is 5.75 Å². The van der Waals surface area contributed by atoms with Gasteiger partial charge in [-0.1, -0.05) is 49.4 Å². The molecule has 12 heteroatoms. The van der Waals surface area contributed by atoms with Crippen LogP contribution in [0.2, 0.25) is 0 Å². The number of hydrogen-bond donors (Lipinski definition) is 4. The summed E-state index contributed by atoms with van der Waals surface area (Å²) in [5.74, 6) is 0.247. The molecule has 2 aromatic heterocycles. The molecule has 0 bridgehead atoms. The van der Waals surface area contributed by atoms with Gasteiger partial charge in [0.25, 0.3) is 5.91 Å². The molecule has 2 aliphatic heterocycles. The highest BCUT2D eigenvalue weighted by Crippen LogP contribution is 2.34. The van der Waals surface area contributed by atoms with Gasteiger partial charge in [0, 0.05) is 48.7 Å². The lowest BCUT2D eigenvalue weighted by molar-refractivity contribution is -0.127. The Morgan fingerprint density at radius 3 is 2.65 bits per heavy atom. The number of aromatic hydroxyl groups is 1. The molecule has 6 rings (SSSR count). The summed E-state index contributed by atoms with van der Waals surface area (Å²) in [4.78, 5) is 33.6. The third kappa shape index (κ3) is 7.07. The Hall–Kier alpha value is -3.13. The fourth-order valence-corrected chi connectivity index (χ4v) is 8.33. The number of H-pyrrole nitrogens is 1. The van der Waals surface area contributed by atoms with Crippen LogP contribution in [0.1, 0.15) is 70.0 Å². The second-order valence-corrected chi connectivity index (χ2v) is 14.7. The fourth-order valence-electron chi connectivity index (χ4n) is 6.44. The quantitative estimate of drug-likeness (QED) is 0.176. The van der Waals surface area contributed by atoms with E-state index in [2.05, 4.69) is 35.1 Å². The van der Waals surface area contributed by atoms with Crippen molar-refractivity contribution in [3.05, 3.63) is 84.4 Å². The minimum Gasteiger partial charge on any atom is -0.506 e. The van der Waals surface area contributed by atoms with Gasteiger partial charge in [0.2, 0.25) is 0 Å². The van der Waals surface area contributed by atoms with Crippen molar-refractivity contribution in [1.82, 2.24) is 20.1 Å². The maximum Gasteiger partial charge on any atom is 0.305 e. The summed E-state index contributed by atoms with van der Waals surface area (Å²) in [6.07, 6.45) is 1.15. The number of piperidine rings is 1. The number of halogens is 1. The standard InChI is InChI=1S/C34H41FN4O5S2/c1-21(2)27-8-9-28(45-27)32(42)39-16-17-44-34(20-39)11-14-38(15-12-34)19-23-5-3-4-22(29(23)35)10-13-36-18-26(41)24-6-7-25(40)30-31(24)46-33(43)37-30/h3-9,21,26,36,40-41H,10-20H2,1-2H3,(H,37,43)/t26-/m0/s1. The molecule has 2 saturated heterocycles. The molecule has 0 radical (unpaired) electrons. The number of fused-ring (bicyclic) bond motifs is 1. The molecule has 0 saturated carbocycles. The Balaban J connectivity index is 0.992. The summed E-state index contributed by atoms with van der Waals surface area (Å²) >= 11 is 2.53. The number of phenols is 1. The van der Waals surface area contributed by atoms with Crippen molar-refractivity contribution in [2.24, 2.45) is 0 Å². The van der Waals surface area contributed by atoms with Crippen LogP contribution in [0.15, 0.2) is 47.3 Å². The van der Waals surface area contributed by atoms with Crippen molar-refractivity contribution < 1.29 is 24.1 Å². The van der Waals surface area contributed by atoms with Crippen LogP contribution in [-0.4, -0.2) is 82.4 Å². The molecule has 46 heavy (non-hydrogen) atoms. The van der Waals surface area contributed by atoms with Crippen LogP contribution in [-0.2, 0) is 17.7 Å². The summed E-state index contributed by atoms with van der Waals surface area (Å²) in [5.41, 5.74) is 1.79. The van der Waals surface area contributed by atoms with Gasteiger partial charge >= 0.3 is 4.87 Å². The Morgan fingerprint density at radius 2 is 1.89 bits per heavy atom. The molecule has 1 spiro atoms. The summed E-state index contributed by atoms with van der Waals surface area (Å²) in [6.45, 7) is 8.72. The van der Waals surface area contributed by atoms with Crippen molar-refractivity contribution in [2.45, 2.75) is 57.3 Å². The van der Waals surface area contributed by atoms with E-state index in [-0.39, 0.29) is 34.5 Å². The third-order valence-corrected chi connectivity index (χ3v) is 11.4. The third-order valence-electron chi connectivity index (χ3n) is 9.12. The minimum atomic E-state index is -0.889. The minimum absolute atomic E-state index is 0.0351. The van der Waals surface area contributed by atoms with Gasteiger partial charge in [0.15, 0.2) is 0 Å². The lowest BCUT2D eigenvalue weighted by Gasteiger charge is -2.47. The molecule has 2 aromatic carbocycles. The number of aliphatic hydroxyl groups is 1. The zero-order valence-electron chi connectivity index (χ0n) is 26.2. The highest BCUT2D eigenvalue weighted by molar-refractivity contribution is 7.16. The van der Waals surface area contributed by atoms with Crippen LogP contribution in [0.3, 0.4) is 0 Å². The number of thiazole rings is 1. The van der Waals surface area contributed by atoms with Crippen molar-refractivity contribution >= 4 is 38.8 Å². The number of carbonyl (C=O) groups excluding carboxylic acids is 1. The smallest absolute Gasteiger partial charge is 0.305 e. The lowest BCUT2D eigenvalue weighted by atomic mass is 9.89. The highest BCUT2D eigenvalue weighted by Gasteiger charge is 2.41. The van der Waals surface area contributed by atoms with Crippen LogP contribution in [0.5, 0.6) is 5.75 Å². The van der Waals surface area contributed by atoms with Gasteiger partial charge in [-0.2, -0.15) is 0 Å². The van der Waals surface area contributed by atoms with Crippen LogP contribution < -0.4 is 10.2 Å². The summed E-state index contributed by atoms with van der Waals surface area (Å²) in [7, 11) is 0. The molecular weight excluding hydrogens is 628 g/mol. The molecule has 246 valence electrons. The molecule has 4 aromatic rings. The van der Waals surface area contributed by atoms with E-state index in [1.807, 2.05) is 23.1 Å². The van der Waals surface area contributed by atoms with Crippen molar-refractivity contribution in [2.75, 3.05) is 45.9 Å². The molecule has 4 N–H and O–H groups in total. The number of nitrogens with zero attached hydrogens (tertiary/aromatic N) is 2. The number of carbonyl (C=O) groups is 1. The van der Waals surface area contributed by atoms with E-state index in [9.17, 15) is 19.8 Å². The number of thiophene rings is 1. The normalized spacial score (nSPS) is 17.7. The van der Waals surface area contributed by atoms with Crippen LogP contribution in [0.25, 0.3) is 10.2 Å².